The molecule has 0 spiro atoms. The van der Waals surface area contributed by atoms with E-state index < -0.39 is 0 Å². The highest BCUT2D eigenvalue weighted by molar-refractivity contribution is 6.31. The molecule has 0 saturated heterocycles. The van der Waals surface area contributed by atoms with Crippen LogP contribution in [-0.4, -0.2) is 16.9 Å². The molecule has 0 bridgehead atoms. The Labute approximate surface area is 141 Å². The van der Waals surface area contributed by atoms with Gasteiger partial charge >= 0.3 is 0 Å². The monoisotopic (exact) mass is 330 g/mol. The first-order valence-corrected chi connectivity index (χ1v) is 9.15. The van der Waals surface area contributed by atoms with Gasteiger partial charge in [-0.25, -0.2) is 0 Å². The molecule has 1 heterocycles. The van der Waals surface area contributed by atoms with Crippen LogP contribution in [0.15, 0.2) is 24.4 Å². The Morgan fingerprint density at radius 3 is 2.61 bits per heavy atom. The number of H-pyrrole nitrogens is 1. The van der Waals surface area contributed by atoms with Crippen molar-refractivity contribution in [3.8, 4) is 0 Å². The molecule has 0 atom stereocenters. The number of halogens is 1. The van der Waals surface area contributed by atoms with E-state index >= 15 is 0 Å². The van der Waals surface area contributed by atoms with Gasteiger partial charge in [0.25, 0.3) is 0 Å². The van der Waals surface area contributed by atoms with Gasteiger partial charge in [0.1, 0.15) is 0 Å². The third-order valence-corrected chi connectivity index (χ3v) is 5.77. The molecule has 2 saturated carbocycles. The summed E-state index contributed by atoms with van der Waals surface area (Å²) in [6.45, 7) is 0. The number of benzene rings is 1. The summed E-state index contributed by atoms with van der Waals surface area (Å²) in [5.74, 6) is 0.213. The van der Waals surface area contributed by atoms with Crippen LogP contribution < -0.4 is 5.32 Å². The molecule has 4 rings (SSSR count). The Morgan fingerprint density at radius 1 is 1.17 bits per heavy atom. The zero-order valence-electron chi connectivity index (χ0n) is 13.3. The van der Waals surface area contributed by atoms with Gasteiger partial charge < -0.3 is 10.3 Å². The smallest absolute Gasteiger partial charge is 0.230 e. The quantitative estimate of drug-likeness (QED) is 0.788. The van der Waals surface area contributed by atoms with Gasteiger partial charge in [0.05, 0.1) is 5.41 Å². The Hall–Kier alpha value is -1.48. The molecule has 1 aromatic carbocycles. The maximum absolute atomic E-state index is 13.0. The van der Waals surface area contributed by atoms with Gasteiger partial charge in [-0.1, -0.05) is 37.3 Å². The third-order valence-electron chi connectivity index (χ3n) is 5.53. The van der Waals surface area contributed by atoms with Crippen molar-refractivity contribution < 1.29 is 4.79 Å². The van der Waals surface area contributed by atoms with Crippen LogP contribution >= 0.6 is 11.6 Å². The zero-order chi connectivity index (χ0) is 15.9. The maximum Gasteiger partial charge on any atom is 0.230 e. The van der Waals surface area contributed by atoms with Crippen molar-refractivity contribution in [3.05, 3.63) is 35.0 Å². The van der Waals surface area contributed by atoms with E-state index in [4.69, 9.17) is 11.6 Å². The molecule has 23 heavy (non-hydrogen) atoms. The van der Waals surface area contributed by atoms with Crippen LogP contribution in [0.2, 0.25) is 5.02 Å². The predicted molar refractivity (Wildman–Crippen MR) is 93.9 cm³/mol. The standard InChI is InChI=1S/C19H23ClN2O/c20-13-7-8-17-15(11-13)16(12-21-17)19(9-10-19)18(23)22-14-5-3-1-2-4-6-14/h7-8,11-12,14,21H,1-6,9-10H2,(H,22,23). The summed E-state index contributed by atoms with van der Waals surface area (Å²) in [6, 6.07) is 6.20. The molecule has 1 amide bonds. The zero-order valence-corrected chi connectivity index (χ0v) is 14.1. The fraction of sp³-hybridized carbons (Fsp3) is 0.526. The van der Waals surface area contributed by atoms with E-state index in [1.54, 1.807) is 0 Å². The highest BCUT2D eigenvalue weighted by atomic mass is 35.5. The molecule has 2 aliphatic rings. The number of carbonyl (C=O) groups is 1. The lowest BCUT2D eigenvalue weighted by Crippen LogP contribution is -2.41. The van der Waals surface area contributed by atoms with Gasteiger partial charge in [-0.05, 0) is 49.4 Å². The van der Waals surface area contributed by atoms with E-state index in [-0.39, 0.29) is 11.3 Å². The molecule has 122 valence electrons. The number of hydrogen-bond donors (Lipinski definition) is 2. The second-order valence-corrected chi connectivity index (χ2v) is 7.57. The van der Waals surface area contributed by atoms with Crippen molar-refractivity contribution in [2.75, 3.05) is 0 Å². The first kappa shape index (κ1) is 15.1. The van der Waals surface area contributed by atoms with Gasteiger partial charge in [0, 0.05) is 28.2 Å². The molecular weight excluding hydrogens is 308 g/mol. The largest absolute Gasteiger partial charge is 0.361 e. The summed E-state index contributed by atoms with van der Waals surface area (Å²) >= 11 is 6.16. The van der Waals surface area contributed by atoms with Crippen LogP contribution in [0.3, 0.4) is 0 Å². The lowest BCUT2D eigenvalue weighted by Gasteiger charge is -2.21. The van der Waals surface area contributed by atoms with E-state index in [1.807, 2.05) is 24.4 Å². The molecule has 0 aliphatic heterocycles. The normalized spacial score (nSPS) is 21.1. The second kappa shape index (κ2) is 5.86. The fourth-order valence-corrected chi connectivity index (χ4v) is 4.15. The van der Waals surface area contributed by atoms with Crippen molar-refractivity contribution in [3.63, 3.8) is 0 Å². The molecule has 3 nitrogen and oxygen atoms in total. The number of carbonyl (C=O) groups excluding carboxylic acids is 1. The average molecular weight is 331 g/mol. The van der Waals surface area contributed by atoms with Gasteiger partial charge in [-0.2, -0.15) is 0 Å². The summed E-state index contributed by atoms with van der Waals surface area (Å²) in [6.07, 6.45) is 11.2. The molecule has 4 heteroatoms. The number of aromatic amines is 1. The minimum atomic E-state index is -0.338. The van der Waals surface area contributed by atoms with E-state index in [0.717, 1.165) is 47.2 Å². The topological polar surface area (TPSA) is 44.9 Å². The van der Waals surface area contributed by atoms with Crippen molar-refractivity contribution in [2.24, 2.45) is 0 Å². The molecule has 2 fully saturated rings. The number of fused-ring (bicyclic) bond motifs is 1. The van der Waals surface area contributed by atoms with Gasteiger partial charge in [0.15, 0.2) is 0 Å². The SMILES string of the molecule is O=C(NC1CCCCCC1)C1(c2c[nH]c3ccc(Cl)cc23)CC1. The summed E-state index contributed by atoms with van der Waals surface area (Å²) in [7, 11) is 0. The summed E-state index contributed by atoms with van der Waals surface area (Å²) in [5.41, 5.74) is 1.83. The number of rotatable bonds is 3. The van der Waals surface area contributed by atoms with Crippen LogP contribution in [0.1, 0.15) is 56.9 Å². The minimum Gasteiger partial charge on any atom is -0.361 e. The Balaban J connectivity index is 1.59. The van der Waals surface area contributed by atoms with Crippen molar-refractivity contribution in [1.29, 1.82) is 0 Å². The highest BCUT2D eigenvalue weighted by Gasteiger charge is 2.52. The minimum absolute atomic E-state index is 0.213. The van der Waals surface area contributed by atoms with Crippen LogP contribution in [0.5, 0.6) is 0 Å². The highest BCUT2D eigenvalue weighted by Crippen LogP contribution is 2.51. The summed E-state index contributed by atoms with van der Waals surface area (Å²) in [5, 5.41) is 5.15. The molecule has 2 N–H and O–H groups in total. The Morgan fingerprint density at radius 2 is 1.91 bits per heavy atom. The molecular formula is C19H23ClN2O. The van der Waals surface area contributed by atoms with E-state index in [2.05, 4.69) is 10.3 Å². The molecule has 2 aromatic rings. The maximum atomic E-state index is 13.0. The molecule has 0 radical (unpaired) electrons. The van der Waals surface area contributed by atoms with Crippen molar-refractivity contribution in [2.45, 2.75) is 62.8 Å². The Kier molecular flexibility index (Phi) is 3.84. The van der Waals surface area contributed by atoms with Crippen LogP contribution in [0.4, 0.5) is 0 Å². The number of nitrogens with one attached hydrogen (secondary N) is 2. The van der Waals surface area contributed by atoms with E-state index in [1.165, 1.54) is 25.7 Å². The number of aromatic nitrogens is 1. The lowest BCUT2D eigenvalue weighted by molar-refractivity contribution is -0.124. The molecule has 0 unspecified atom stereocenters. The number of hydrogen-bond acceptors (Lipinski definition) is 1. The van der Waals surface area contributed by atoms with Crippen molar-refractivity contribution in [1.82, 2.24) is 10.3 Å². The van der Waals surface area contributed by atoms with Crippen LogP contribution in [-0.2, 0) is 10.2 Å². The average Bonchev–Trinajstić information content (AvgIpc) is 3.29. The summed E-state index contributed by atoms with van der Waals surface area (Å²) < 4.78 is 0. The Bertz CT molecular complexity index is 724. The van der Waals surface area contributed by atoms with E-state index in [0.29, 0.717) is 6.04 Å². The van der Waals surface area contributed by atoms with E-state index in [9.17, 15) is 4.79 Å². The van der Waals surface area contributed by atoms with Crippen molar-refractivity contribution >= 4 is 28.4 Å². The van der Waals surface area contributed by atoms with Gasteiger partial charge in [-0.3, -0.25) is 4.79 Å². The van der Waals surface area contributed by atoms with Crippen LogP contribution in [0.25, 0.3) is 10.9 Å². The number of amides is 1. The molecule has 2 aliphatic carbocycles. The van der Waals surface area contributed by atoms with Gasteiger partial charge in [-0.15, -0.1) is 0 Å². The van der Waals surface area contributed by atoms with Crippen LogP contribution in [0, 0.1) is 0 Å². The molecule has 1 aromatic heterocycles. The lowest BCUT2D eigenvalue weighted by atomic mass is 9.93. The fourth-order valence-electron chi connectivity index (χ4n) is 3.98. The van der Waals surface area contributed by atoms with Gasteiger partial charge in [0.2, 0.25) is 5.91 Å². The third kappa shape index (κ3) is 2.76. The predicted octanol–water partition coefficient (Wildman–Crippen LogP) is 4.69. The summed E-state index contributed by atoms with van der Waals surface area (Å²) in [4.78, 5) is 16.3. The first-order chi connectivity index (χ1) is 11.2. The second-order valence-electron chi connectivity index (χ2n) is 7.14. The first-order valence-electron chi connectivity index (χ1n) is 8.77.